The van der Waals surface area contributed by atoms with Gasteiger partial charge in [0, 0.05) is 10.9 Å². The summed E-state index contributed by atoms with van der Waals surface area (Å²) < 4.78 is 0. The van der Waals surface area contributed by atoms with Crippen molar-refractivity contribution in [2.75, 3.05) is 5.33 Å². The molecule has 104 valence electrons. The highest BCUT2D eigenvalue weighted by atomic mass is 79.9. The summed E-state index contributed by atoms with van der Waals surface area (Å²) in [5, 5.41) is 13.1. The Hall–Kier alpha value is -1.81. The third-order valence-electron chi connectivity index (χ3n) is 3.12. The number of rotatable bonds is 4. The van der Waals surface area contributed by atoms with Gasteiger partial charge in [0.05, 0.1) is 6.04 Å². The number of hydrogen-bond donors (Lipinski definition) is 2. The Balaban J connectivity index is 2.15. The molecule has 0 bridgehead atoms. The average molecular weight is 334 g/mol. The van der Waals surface area contributed by atoms with Gasteiger partial charge in [-0.1, -0.05) is 46.3 Å². The number of alkyl halides is 1. The molecule has 0 aliphatic carbocycles. The van der Waals surface area contributed by atoms with Crippen molar-refractivity contribution >= 4 is 21.8 Å². The molecule has 0 radical (unpaired) electrons. The normalized spacial score (nSPS) is 11.9. The summed E-state index contributed by atoms with van der Waals surface area (Å²) in [6, 6.07) is 14.6. The van der Waals surface area contributed by atoms with E-state index in [2.05, 4.69) is 21.2 Å². The number of aryl methyl sites for hydroxylation is 1. The van der Waals surface area contributed by atoms with Crippen molar-refractivity contribution in [3.63, 3.8) is 0 Å². The van der Waals surface area contributed by atoms with Crippen LogP contribution in [0.15, 0.2) is 48.5 Å². The van der Waals surface area contributed by atoms with Crippen LogP contribution in [0.3, 0.4) is 0 Å². The van der Waals surface area contributed by atoms with Crippen LogP contribution < -0.4 is 5.32 Å². The minimum absolute atomic E-state index is 0.0854. The molecule has 2 N–H and O–H groups in total. The van der Waals surface area contributed by atoms with Gasteiger partial charge in [0.1, 0.15) is 5.75 Å². The number of carbonyl (C=O) groups excluding carboxylic acids is 1. The fourth-order valence-corrected chi connectivity index (χ4v) is 2.47. The molecular weight excluding hydrogens is 318 g/mol. The summed E-state index contributed by atoms with van der Waals surface area (Å²) >= 11 is 3.42. The molecule has 2 aromatic carbocycles. The molecule has 1 unspecified atom stereocenters. The maximum Gasteiger partial charge on any atom is 0.251 e. The van der Waals surface area contributed by atoms with Crippen molar-refractivity contribution in [3.8, 4) is 5.75 Å². The summed E-state index contributed by atoms with van der Waals surface area (Å²) in [6.45, 7) is 1.77. The Morgan fingerprint density at radius 1 is 1.25 bits per heavy atom. The maximum absolute atomic E-state index is 12.2. The SMILES string of the molecule is Cc1cc(C(=O)NC(CBr)c2ccccc2)ccc1O. The lowest BCUT2D eigenvalue weighted by atomic mass is 10.1. The van der Waals surface area contributed by atoms with Crippen molar-refractivity contribution in [2.45, 2.75) is 13.0 Å². The van der Waals surface area contributed by atoms with Gasteiger partial charge in [-0.25, -0.2) is 0 Å². The summed E-state index contributed by atoms with van der Waals surface area (Å²) in [5.41, 5.74) is 2.28. The van der Waals surface area contributed by atoms with Gasteiger partial charge in [0.25, 0.3) is 5.91 Å². The molecule has 0 aliphatic heterocycles. The van der Waals surface area contributed by atoms with Crippen LogP contribution in [0.1, 0.15) is 27.5 Å². The van der Waals surface area contributed by atoms with E-state index in [0.29, 0.717) is 16.5 Å². The number of benzene rings is 2. The minimum atomic E-state index is -0.151. The summed E-state index contributed by atoms with van der Waals surface area (Å²) in [6.07, 6.45) is 0. The van der Waals surface area contributed by atoms with E-state index in [9.17, 15) is 9.90 Å². The lowest BCUT2D eigenvalue weighted by Crippen LogP contribution is -2.29. The van der Waals surface area contributed by atoms with Crippen LogP contribution in [0, 0.1) is 6.92 Å². The predicted octanol–water partition coefficient (Wildman–Crippen LogP) is 3.57. The number of halogens is 1. The fraction of sp³-hybridized carbons (Fsp3) is 0.188. The molecule has 20 heavy (non-hydrogen) atoms. The van der Waals surface area contributed by atoms with E-state index in [-0.39, 0.29) is 17.7 Å². The predicted molar refractivity (Wildman–Crippen MR) is 83.3 cm³/mol. The van der Waals surface area contributed by atoms with Crippen LogP contribution in [0.5, 0.6) is 5.75 Å². The number of hydrogen-bond acceptors (Lipinski definition) is 2. The third kappa shape index (κ3) is 3.39. The van der Waals surface area contributed by atoms with Crippen LogP contribution in [0.4, 0.5) is 0 Å². The quantitative estimate of drug-likeness (QED) is 0.840. The zero-order valence-electron chi connectivity index (χ0n) is 11.1. The average Bonchev–Trinajstić information content (AvgIpc) is 2.48. The summed E-state index contributed by atoms with van der Waals surface area (Å²) in [7, 11) is 0. The highest BCUT2D eigenvalue weighted by molar-refractivity contribution is 9.09. The highest BCUT2D eigenvalue weighted by Gasteiger charge is 2.15. The Bertz CT molecular complexity index is 599. The zero-order chi connectivity index (χ0) is 14.5. The van der Waals surface area contributed by atoms with Crippen LogP contribution >= 0.6 is 15.9 Å². The molecule has 0 saturated carbocycles. The first-order valence-corrected chi connectivity index (χ1v) is 7.45. The first-order chi connectivity index (χ1) is 9.61. The monoisotopic (exact) mass is 333 g/mol. The van der Waals surface area contributed by atoms with Crippen LogP contribution in [-0.2, 0) is 0 Å². The number of aromatic hydroxyl groups is 1. The van der Waals surface area contributed by atoms with Gasteiger partial charge in [0.2, 0.25) is 0 Å². The summed E-state index contributed by atoms with van der Waals surface area (Å²) in [5.74, 6) is 0.0445. The van der Waals surface area contributed by atoms with Crippen LogP contribution in [-0.4, -0.2) is 16.3 Å². The van der Waals surface area contributed by atoms with Gasteiger partial charge in [-0.2, -0.15) is 0 Å². The number of nitrogens with one attached hydrogen (secondary N) is 1. The van der Waals surface area contributed by atoms with Gasteiger partial charge in [-0.3, -0.25) is 4.79 Å². The van der Waals surface area contributed by atoms with Crippen LogP contribution in [0.25, 0.3) is 0 Å². The molecule has 0 saturated heterocycles. The summed E-state index contributed by atoms with van der Waals surface area (Å²) in [4.78, 5) is 12.2. The molecule has 2 rings (SSSR count). The zero-order valence-corrected chi connectivity index (χ0v) is 12.7. The molecule has 0 fully saturated rings. The number of phenols is 1. The Kier molecular flexibility index (Phi) is 4.79. The Morgan fingerprint density at radius 3 is 2.55 bits per heavy atom. The molecule has 4 heteroatoms. The first-order valence-electron chi connectivity index (χ1n) is 6.33. The molecule has 2 aromatic rings. The van der Waals surface area contributed by atoms with E-state index in [1.165, 1.54) is 6.07 Å². The van der Waals surface area contributed by atoms with E-state index >= 15 is 0 Å². The lowest BCUT2D eigenvalue weighted by Gasteiger charge is -2.17. The van der Waals surface area contributed by atoms with Crippen molar-refractivity contribution < 1.29 is 9.90 Å². The van der Waals surface area contributed by atoms with Gasteiger partial charge in [0.15, 0.2) is 0 Å². The van der Waals surface area contributed by atoms with E-state index in [4.69, 9.17) is 0 Å². The maximum atomic E-state index is 12.2. The molecular formula is C16H16BrNO2. The van der Waals surface area contributed by atoms with Crippen molar-refractivity contribution in [3.05, 3.63) is 65.2 Å². The molecule has 1 atom stereocenters. The number of phenolic OH excluding ortho intramolecular Hbond substituents is 1. The second kappa shape index (κ2) is 6.57. The van der Waals surface area contributed by atoms with Gasteiger partial charge >= 0.3 is 0 Å². The molecule has 0 aliphatic rings. The Labute approximate surface area is 126 Å². The topological polar surface area (TPSA) is 49.3 Å². The Morgan fingerprint density at radius 2 is 1.95 bits per heavy atom. The van der Waals surface area contributed by atoms with Crippen molar-refractivity contribution in [1.29, 1.82) is 0 Å². The van der Waals surface area contributed by atoms with E-state index in [0.717, 1.165) is 5.56 Å². The third-order valence-corrected chi connectivity index (χ3v) is 3.77. The van der Waals surface area contributed by atoms with Crippen LogP contribution in [0.2, 0.25) is 0 Å². The molecule has 0 heterocycles. The standard InChI is InChI=1S/C16H16BrNO2/c1-11-9-13(7-8-15(11)19)16(20)18-14(10-17)12-5-3-2-4-6-12/h2-9,14,19H,10H2,1H3,(H,18,20). The van der Waals surface area contributed by atoms with E-state index < -0.39 is 0 Å². The molecule has 1 amide bonds. The second-order valence-electron chi connectivity index (χ2n) is 4.59. The van der Waals surface area contributed by atoms with Gasteiger partial charge in [-0.15, -0.1) is 0 Å². The fourth-order valence-electron chi connectivity index (χ4n) is 1.93. The molecule has 0 spiro atoms. The van der Waals surface area contributed by atoms with E-state index in [1.807, 2.05) is 30.3 Å². The molecule has 3 nitrogen and oxygen atoms in total. The number of carbonyl (C=O) groups is 1. The van der Waals surface area contributed by atoms with E-state index in [1.54, 1.807) is 19.1 Å². The minimum Gasteiger partial charge on any atom is -0.508 e. The smallest absolute Gasteiger partial charge is 0.251 e. The highest BCUT2D eigenvalue weighted by Crippen LogP contribution is 2.19. The first kappa shape index (κ1) is 14.6. The van der Waals surface area contributed by atoms with Crippen molar-refractivity contribution in [1.82, 2.24) is 5.32 Å². The second-order valence-corrected chi connectivity index (χ2v) is 5.24. The van der Waals surface area contributed by atoms with Crippen molar-refractivity contribution in [2.24, 2.45) is 0 Å². The lowest BCUT2D eigenvalue weighted by molar-refractivity contribution is 0.0940. The van der Waals surface area contributed by atoms with Gasteiger partial charge < -0.3 is 10.4 Å². The number of amides is 1. The molecule has 0 aromatic heterocycles. The van der Waals surface area contributed by atoms with Gasteiger partial charge in [-0.05, 0) is 36.2 Å². The largest absolute Gasteiger partial charge is 0.508 e.